The predicted molar refractivity (Wildman–Crippen MR) is 57.3 cm³/mol. The van der Waals surface area contributed by atoms with Crippen molar-refractivity contribution in [1.82, 2.24) is 0 Å². The van der Waals surface area contributed by atoms with Crippen LogP contribution in [0.2, 0.25) is 0 Å². The molecule has 76 valence electrons. The van der Waals surface area contributed by atoms with E-state index in [2.05, 4.69) is 31.9 Å². The first-order valence-electron chi connectivity index (χ1n) is 3.89. The summed E-state index contributed by atoms with van der Waals surface area (Å²) in [4.78, 5) is 10.6. The van der Waals surface area contributed by atoms with Crippen LogP contribution in [-0.4, -0.2) is 12.6 Å². The number of carbonyl (C=O) groups is 1. The number of carbonyl (C=O) groups excluding carboxylic acids is 1. The van der Waals surface area contributed by atoms with Crippen molar-refractivity contribution in [2.75, 3.05) is 6.61 Å². The summed E-state index contributed by atoms with van der Waals surface area (Å²) in [5.74, 6) is -0.619. The van der Waals surface area contributed by atoms with Crippen molar-refractivity contribution in [3.8, 4) is 5.75 Å². The molecule has 14 heavy (non-hydrogen) atoms. The lowest BCUT2D eigenvalue weighted by atomic mass is 10.2. The molecule has 0 aromatic heterocycles. The first-order valence-corrected chi connectivity index (χ1v) is 5.48. The molecule has 0 heterocycles. The molecule has 0 amide bonds. The number of benzene rings is 1. The van der Waals surface area contributed by atoms with Gasteiger partial charge in [-0.05, 0) is 56.5 Å². The van der Waals surface area contributed by atoms with E-state index in [1.807, 2.05) is 6.92 Å². The van der Waals surface area contributed by atoms with Crippen molar-refractivity contribution in [3.05, 3.63) is 26.6 Å². The summed E-state index contributed by atoms with van der Waals surface area (Å²) in [6.07, 6.45) is 0. The average Bonchev–Trinajstić information content (AvgIpc) is 2.10. The highest BCUT2D eigenvalue weighted by atomic mass is 79.9. The van der Waals surface area contributed by atoms with Gasteiger partial charge in [0.15, 0.2) is 0 Å². The average molecular weight is 323 g/mol. The van der Waals surface area contributed by atoms with E-state index in [0.717, 1.165) is 0 Å². The molecule has 0 N–H and O–H groups in total. The van der Waals surface area contributed by atoms with Gasteiger partial charge >= 0.3 is 0 Å². The van der Waals surface area contributed by atoms with Gasteiger partial charge in [-0.15, -0.1) is 0 Å². The van der Waals surface area contributed by atoms with Crippen molar-refractivity contribution in [1.29, 1.82) is 0 Å². The third-order valence-corrected chi connectivity index (χ3v) is 2.70. The molecule has 5 heteroatoms. The van der Waals surface area contributed by atoms with Gasteiger partial charge in [-0.1, -0.05) is 0 Å². The Bertz CT molecular complexity index is 340. The molecule has 0 aliphatic rings. The maximum atomic E-state index is 10.6. The molecule has 0 radical (unpaired) electrons. The van der Waals surface area contributed by atoms with Crippen molar-refractivity contribution < 1.29 is 14.6 Å². The van der Waals surface area contributed by atoms with Crippen LogP contribution >= 0.6 is 31.9 Å². The van der Waals surface area contributed by atoms with Crippen molar-refractivity contribution >= 4 is 37.8 Å². The van der Waals surface area contributed by atoms with E-state index in [1.165, 1.54) is 12.1 Å². The number of carboxylic acids is 1. The van der Waals surface area contributed by atoms with Gasteiger partial charge < -0.3 is 14.6 Å². The Balaban J connectivity index is 3.18. The lowest BCUT2D eigenvalue weighted by Gasteiger charge is -2.11. The number of ether oxygens (including phenoxy) is 1. The highest BCUT2D eigenvalue weighted by Crippen LogP contribution is 2.34. The van der Waals surface area contributed by atoms with Gasteiger partial charge in [-0.3, -0.25) is 0 Å². The lowest BCUT2D eigenvalue weighted by molar-refractivity contribution is -0.255. The number of carboxylic acid groups (broad SMARTS) is 1. The second-order valence-electron chi connectivity index (χ2n) is 2.49. The normalized spacial score (nSPS) is 9.93. The summed E-state index contributed by atoms with van der Waals surface area (Å²) in [6.45, 7) is 2.37. The zero-order valence-electron chi connectivity index (χ0n) is 7.34. The molecule has 3 nitrogen and oxygen atoms in total. The minimum Gasteiger partial charge on any atom is -0.545 e. The lowest BCUT2D eigenvalue weighted by Crippen LogP contribution is -2.22. The van der Waals surface area contributed by atoms with Gasteiger partial charge in [0.25, 0.3) is 0 Å². The number of hydrogen-bond donors (Lipinski definition) is 0. The smallest absolute Gasteiger partial charge is 0.147 e. The van der Waals surface area contributed by atoms with Crippen LogP contribution < -0.4 is 9.84 Å². The van der Waals surface area contributed by atoms with Crippen molar-refractivity contribution in [2.45, 2.75) is 6.92 Å². The van der Waals surface area contributed by atoms with Gasteiger partial charge in [-0.25, -0.2) is 0 Å². The molecule has 1 aromatic carbocycles. The molecule has 0 aliphatic carbocycles. The third-order valence-electron chi connectivity index (χ3n) is 1.52. The summed E-state index contributed by atoms with van der Waals surface area (Å²) in [5, 5.41) is 10.6. The SMILES string of the molecule is CCOc1c(Br)cc(C(=O)[O-])cc1Br. The van der Waals surface area contributed by atoms with E-state index in [-0.39, 0.29) is 5.56 Å². The maximum absolute atomic E-state index is 10.6. The molecule has 1 rings (SSSR count). The molecule has 0 fully saturated rings. The molecule has 0 atom stereocenters. The summed E-state index contributed by atoms with van der Waals surface area (Å²) in [5.41, 5.74) is 0.104. The number of rotatable bonds is 3. The number of halogens is 2. The molecule has 1 aromatic rings. The van der Waals surface area contributed by atoms with E-state index in [1.54, 1.807) is 0 Å². The van der Waals surface area contributed by atoms with Crippen molar-refractivity contribution in [3.63, 3.8) is 0 Å². The first-order chi connectivity index (χ1) is 6.56. The van der Waals surface area contributed by atoms with Crippen LogP contribution in [0, 0.1) is 0 Å². The van der Waals surface area contributed by atoms with Gasteiger partial charge in [0.2, 0.25) is 0 Å². The quantitative estimate of drug-likeness (QED) is 0.855. The molecule has 0 unspecified atom stereocenters. The van der Waals surface area contributed by atoms with E-state index in [0.29, 0.717) is 21.3 Å². The Hall–Kier alpha value is -0.550. The van der Waals surface area contributed by atoms with E-state index >= 15 is 0 Å². The van der Waals surface area contributed by atoms with Crippen LogP contribution in [0.1, 0.15) is 17.3 Å². The van der Waals surface area contributed by atoms with E-state index in [9.17, 15) is 9.90 Å². The van der Waals surface area contributed by atoms with Crippen LogP contribution in [0.5, 0.6) is 5.75 Å². The Morgan fingerprint density at radius 3 is 2.29 bits per heavy atom. The Morgan fingerprint density at radius 1 is 1.43 bits per heavy atom. The second kappa shape index (κ2) is 4.79. The molecule has 0 aliphatic heterocycles. The zero-order chi connectivity index (χ0) is 10.7. The van der Waals surface area contributed by atoms with Crippen LogP contribution in [-0.2, 0) is 0 Å². The first kappa shape index (κ1) is 11.5. The highest BCUT2D eigenvalue weighted by Gasteiger charge is 2.08. The number of aromatic carboxylic acids is 1. The Morgan fingerprint density at radius 2 is 1.93 bits per heavy atom. The second-order valence-corrected chi connectivity index (χ2v) is 4.20. The molecule has 0 bridgehead atoms. The highest BCUT2D eigenvalue weighted by molar-refractivity contribution is 9.11. The van der Waals surface area contributed by atoms with Gasteiger partial charge in [0, 0.05) is 0 Å². The minimum atomic E-state index is -1.21. The fourth-order valence-electron chi connectivity index (χ4n) is 0.960. The monoisotopic (exact) mass is 321 g/mol. The standard InChI is InChI=1S/C9H8Br2O3/c1-2-14-8-6(10)3-5(9(12)13)4-7(8)11/h3-4H,2H2,1H3,(H,12,13)/p-1. The van der Waals surface area contributed by atoms with Crippen LogP contribution in [0.4, 0.5) is 0 Å². The Kier molecular flexibility index (Phi) is 3.95. The topological polar surface area (TPSA) is 49.4 Å². The largest absolute Gasteiger partial charge is 0.545 e. The zero-order valence-corrected chi connectivity index (χ0v) is 10.5. The molecular weight excluding hydrogens is 316 g/mol. The summed E-state index contributed by atoms with van der Waals surface area (Å²) in [7, 11) is 0. The maximum Gasteiger partial charge on any atom is 0.147 e. The van der Waals surface area contributed by atoms with Crippen LogP contribution in [0.15, 0.2) is 21.1 Å². The summed E-state index contributed by atoms with van der Waals surface area (Å²) in [6, 6.07) is 2.90. The van der Waals surface area contributed by atoms with E-state index in [4.69, 9.17) is 4.74 Å². The molecule has 0 saturated heterocycles. The molecular formula is C9H7Br2O3-. The molecule has 0 saturated carbocycles. The van der Waals surface area contributed by atoms with Gasteiger partial charge in [-0.2, -0.15) is 0 Å². The Labute approximate surface area is 98.3 Å². The van der Waals surface area contributed by atoms with Gasteiger partial charge in [0.1, 0.15) is 5.75 Å². The fraction of sp³-hybridized carbons (Fsp3) is 0.222. The van der Waals surface area contributed by atoms with Crippen LogP contribution in [0.3, 0.4) is 0 Å². The minimum absolute atomic E-state index is 0.104. The number of hydrogen-bond acceptors (Lipinski definition) is 3. The fourth-order valence-corrected chi connectivity index (χ4v) is 2.38. The third kappa shape index (κ3) is 2.48. The van der Waals surface area contributed by atoms with Gasteiger partial charge in [0.05, 0.1) is 21.5 Å². The molecule has 0 spiro atoms. The van der Waals surface area contributed by atoms with E-state index < -0.39 is 5.97 Å². The van der Waals surface area contributed by atoms with Crippen molar-refractivity contribution in [2.24, 2.45) is 0 Å². The summed E-state index contributed by atoms with van der Waals surface area (Å²) >= 11 is 6.44. The summed E-state index contributed by atoms with van der Waals surface area (Å²) < 4.78 is 6.48. The van der Waals surface area contributed by atoms with Crippen LogP contribution in [0.25, 0.3) is 0 Å². The predicted octanol–water partition coefficient (Wildman–Crippen LogP) is 1.97.